The van der Waals surface area contributed by atoms with Crippen molar-refractivity contribution in [3.8, 4) is 0 Å². The first kappa shape index (κ1) is 11.6. The number of hydrogen-bond donors (Lipinski definition) is 1. The van der Waals surface area contributed by atoms with Gasteiger partial charge in [-0.05, 0) is 32.4 Å². The second-order valence-corrected chi connectivity index (χ2v) is 4.78. The second-order valence-electron chi connectivity index (χ2n) is 4.78. The Morgan fingerprint density at radius 2 is 2.50 bits per heavy atom. The molecule has 0 bridgehead atoms. The molecule has 0 radical (unpaired) electrons. The summed E-state index contributed by atoms with van der Waals surface area (Å²) in [5.41, 5.74) is 1.64. The van der Waals surface area contributed by atoms with E-state index in [9.17, 15) is 0 Å². The van der Waals surface area contributed by atoms with Crippen LogP contribution in [0, 0.1) is 5.41 Å². The molecule has 90 valence electrons. The standard InChI is InChI=1S/C12H21N3O/c1-13-9-12(6-8-16-10-12)5-3-11-4-7-14-15(11)2/h4,7,13H,3,5-6,8-10H2,1-2H3. The van der Waals surface area contributed by atoms with E-state index in [1.54, 1.807) is 0 Å². The van der Waals surface area contributed by atoms with Crippen molar-refractivity contribution in [2.24, 2.45) is 12.5 Å². The summed E-state index contributed by atoms with van der Waals surface area (Å²) in [6.45, 7) is 2.85. The monoisotopic (exact) mass is 223 g/mol. The zero-order valence-corrected chi connectivity index (χ0v) is 10.2. The number of hydrogen-bond acceptors (Lipinski definition) is 3. The fraction of sp³-hybridized carbons (Fsp3) is 0.750. The first-order valence-corrected chi connectivity index (χ1v) is 5.95. The Morgan fingerprint density at radius 3 is 3.06 bits per heavy atom. The summed E-state index contributed by atoms with van der Waals surface area (Å²) in [5.74, 6) is 0. The topological polar surface area (TPSA) is 39.1 Å². The van der Waals surface area contributed by atoms with Crippen LogP contribution >= 0.6 is 0 Å². The van der Waals surface area contributed by atoms with E-state index in [0.29, 0.717) is 5.41 Å². The van der Waals surface area contributed by atoms with Crippen molar-refractivity contribution in [2.75, 3.05) is 26.8 Å². The molecule has 1 atom stereocenters. The van der Waals surface area contributed by atoms with E-state index in [0.717, 1.165) is 26.2 Å². The Kier molecular flexibility index (Phi) is 3.61. The van der Waals surface area contributed by atoms with Gasteiger partial charge in [-0.2, -0.15) is 5.10 Å². The maximum Gasteiger partial charge on any atom is 0.0535 e. The van der Waals surface area contributed by atoms with Gasteiger partial charge in [0.05, 0.1) is 6.61 Å². The lowest BCUT2D eigenvalue weighted by Crippen LogP contribution is -2.33. The molecule has 16 heavy (non-hydrogen) atoms. The smallest absolute Gasteiger partial charge is 0.0535 e. The molecule has 1 aliphatic rings. The van der Waals surface area contributed by atoms with Gasteiger partial charge in [-0.3, -0.25) is 4.68 Å². The average Bonchev–Trinajstić information content (AvgIpc) is 2.86. The zero-order chi connectivity index (χ0) is 11.4. The molecule has 2 rings (SSSR count). The summed E-state index contributed by atoms with van der Waals surface area (Å²) in [7, 11) is 4.02. The van der Waals surface area contributed by atoms with Crippen LogP contribution in [0.15, 0.2) is 12.3 Å². The summed E-state index contributed by atoms with van der Waals surface area (Å²) in [5, 5.41) is 7.49. The molecule has 1 fully saturated rings. The molecule has 0 aliphatic carbocycles. The lowest BCUT2D eigenvalue weighted by molar-refractivity contribution is 0.145. The highest BCUT2D eigenvalue weighted by Crippen LogP contribution is 2.32. The summed E-state index contributed by atoms with van der Waals surface area (Å²) >= 11 is 0. The van der Waals surface area contributed by atoms with Crippen LogP contribution in [0.1, 0.15) is 18.5 Å². The first-order chi connectivity index (χ1) is 7.76. The highest BCUT2D eigenvalue weighted by molar-refractivity contribution is 5.01. The highest BCUT2D eigenvalue weighted by atomic mass is 16.5. The zero-order valence-electron chi connectivity index (χ0n) is 10.2. The van der Waals surface area contributed by atoms with E-state index < -0.39 is 0 Å². The SMILES string of the molecule is CNCC1(CCc2ccnn2C)CCOC1. The van der Waals surface area contributed by atoms with Crippen LogP contribution in [0.4, 0.5) is 0 Å². The first-order valence-electron chi connectivity index (χ1n) is 5.95. The third kappa shape index (κ3) is 2.44. The van der Waals surface area contributed by atoms with Crippen LogP contribution in [0.25, 0.3) is 0 Å². The Hall–Kier alpha value is -0.870. The molecule has 1 N–H and O–H groups in total. The minimum Gasteiger partial charge on any atom is -0.381 e. The lowest BCUT2D eigenvalue weighted by Gasteiger charge is -2.26. The summed E-state index contributed by atoms with van der Waals surface area (Å²) < 4.78 is 7.51. The van der Waals surface area contributed by atoms with Gasteiger partial charge in [-0.1, -0.05) is 0 Å². The van der Waals surface area contributed by atoms with Gasteiger partial charge in [0, 0.05) is 37.5 Å². The van der Waals surface area contributed by atoms with Gasteiger partial charge in [-0.15, -0.1) is 0 Å². The molecule has 2 heterocycles. The minimum absolute atomic E-state index is 0.332. The molecule has 1 saturated heterocycles. The van der Waals surface area contributed by atoms with Crippen molar-refractivity contribution < 1.29 is 4.74 Å². The van der Waals surface area contributed by atoms with Crippen molar-refractivity contribution in [3.05, 3.63) is 18.0 Å². The molecule has 0 saturated carbocycles. The average molecular weight is 223 g/mol. The van der Waals surface area contributed by atoms with Crippen molar-refractivity contribution in [1.29, 1.82) is 0 Å². The number of rotatable bonds is 5. The van der Waals surface area contributed by atoms with Crippen molar-refractivity contribution in [2.45, 2.75) is 19.3 Å². The van der Waals surface area contributed by atoms with Crippen LogP contribution in [-0.4, -0.2) is 36.6 Å². The molecular weight excluding hydrogens is 202 g/mol. The molecule has 4 heteroatoms. The predicted octanol–water partition coefficient (Wildman–Crippen LogP) is 0.979. The minimum atomic E-state index is 0.332. The Balaban J connectivity index is 1.94. The molecule has 0 spiro atoms. The predicted molar refractivity (Wildman–Crippen MR) is 63.3 cm³/mol. The van der Waals surface area contributed by atoms with Crippen molar-refractivity contribution in [3.63, 3.8) is 0 Å². The molecule has 1 aromatic heterocycles. The summed E-state index contributed by atoms with van der Waals surface area (Å²) in [4.78, 5) is 0. The second kappa shape index (κ2) is 4.97. The van der Waals surface area contributed by atoms with Gasteiger partial charge >= 0.3 is 0 Å². The van der Waals surface area contributed by atoms with Gasteiger partial charge in [0.1, 0.15) is 0 Å². The van der Waals surface area contributed by atoms with E-state index in [2.05, 4.69) is 16.5 Å². The number of nitrogens with zero attached hydrogens (tertiary/aromatic N) is 2. The number of ether oxygens (including phenoxy) is 1. The lowest BCUT2D eigenvalue weighted by atomic mass is 9.82. The summed E-state index contributed by atoms with van der Waals surface area (Å²) in [6, 6.07) is 2.10. The number of aromatic nitrogens is 2. The fourth-order valence-electron chi connectivity index (χ4n) is 2.49. The van der Waals surface area contributed by atoms with Crippen LogP contribution < -0.4 is 5.32 Å². The van der Waals surface area contributed by atoms with Gasteiger partial charge in [0.15, 0.2) is 0 Å². The fourth-order valence-corrected chi connectivity index (χ4v) is 2.49. The van der Waals surface area contributed by atoms with E-state index in [4.69, 9.17) is 4.74 Å². The van der Waals surface area contributed by atoms with Gasteiger partial charge in [0.2, 0.25) is 0 Å². The van der Waals surface area contributed by atoms with Crippen LogP contribution in [-0.2, 0) is 18.2 Å². The molecule has 1 unspecified atom stereocenters. The van der Waals surface area contributed by atoms with Crippen LogP contribution in [0.5, 0.6) is 0 Å². The number of nitrogens with one attached hydrogen (secondary N) is 1. The maximum atomic E-state index is 5.55. The van der Waals surface area contributed by atoms with Gasteiger partial charge in [0.25, 0.3) is 0 Å². The van der Waals surface area contributed by atoms with Crippen molar-refractivity contribution >= 4 is 0 Å². The Bertz CT molecular complexity index is 329. The van der Waals surface area contributed by atoms with E-state index in [1.165, 1.54) is 18.5 Å². The van der Waals surface area contributed by atoms with E-state index in [-0.39, 0.29) is 0 Å². The number of aryl methyl sites for hydroxylation is 2. The quantitative estimate of drug-likeness (QED) is 0.808. The van der Waals surface area contributed by atoms with Crippen molar-refractivity contribution in [1.82, 2.24) is 15.1 Å². The molecule has 1 aromatic rings. The normalized spacial score (nSPS) is 25.1. The van der Waals surface area contributed by atoms with Gasteiger partial charge in [-0.25, -0.2) is 0 Å². The molecule has 1 aliphatic heterocycles. The Morgan fingerprint density at radius 1 is 1.62 bits per heavy atom. The maximum absolute atomic E-state index is 5.55. The third-order valence-electron chi connectivity index (χ3n) is 3.57. The molecular formula is C12H21N3O. The highest BCUT2D eigenvalue weighted by Gasteiger charge is 2.33. The Labute approximate surface area is 97.0 Å². The summed E-state index contributed by atoms with van der Waals surface area (Å²) in [6.07, 6.45) is 5.30. The van der Waals surface area contributed by atoms with E-state index >= 15 is 0 Å². The molecule has 4 nitrogen and oxygen atoms in total. The van der Waals surface area contributed by atoms with E-state index in [1.807, 2.05) is 25.0 Å². The molecule has 0 amide bonds. The van der Waals surface area contributed by atoms with Gasteiger partial charge < -0.3 is 10.1 Å². The van der Waals surface area contributed by atoms with Crippen LogP contribution in [0.2, 0.25) is 0 Å². The van der Waals surface area contributed by atoms with Crippen LogP contribution in [0.3, 0.4) is 0 Å². The third-order valence-corrected chi connectivity index (χ3v) is 3.57. The molecule has 0 aromatic carbocycles. The largest absolute Gasteiger partial charge is 0.381 e.